The van der Waals surface area contributed by atoms with Gasteiger partial charge in [-0.15, -0.1) is 0 Å². The number of nitrogens with one attached hydrogen (secondary N) is 1. The number of rotatable bonds is 5. The molecule has 2 rings (SSSR count). The van der Waals surface area contributed by atoms with Gasteiger partial charge >= 0.3 is 5.97 Å². The van der Waals surface area contributed by atoms with Gasteiger partial charge in [-0.2, -0.15) is 5.26 Å². The van der Waals surface area contributed by atoms with E-state index in [0.717, 1.165) is 23.2 Å². The largest absolute Gasteiger partial charge is 0.452 e. The van der Waals surface area contributed by atoms with Crippen LogP contribution in [-0.2, 0) is 16.0 Å². The van der Waals surface area contributed by atoms with Crippen LogP contribution >= 0.6 is 0 Å². The number of aryl methyl sites for hydroxylation is 2. The van der Waals surface area contributed by atoms with Gasteiger partial charge in [0.25, 0.3) is 5.91 Å². The fourth-order valence-corrected chi connectivity index (χ4v) is 2.27. The van der Waals surface area contributed by atoms with E-state index in [-0.39, 0.29) is 12.5 Å². The third-order valence-corrected chi connectivity index (χ3v) is 3.59. The van der Waals surface area contributed by atoms with Gasteiger partial charge in [-0.1, -0.05) is 25.1 Å². The second-order valence-electron chi connectivity index (χ2n) is 5.28. The van der Waals surface area contributed by atoms with Gasteiger partial charge in [0, 0.05) is 5.69 Å². The van der Waals surface area contributed by atoms with E-state index in [2.05, 4.69) is 5.32 Å². The molecule has 0 saturated carbocycles. The Morgan fingerprint density at radius 2 is 1.88 bits per heavy atom. The number of nitriles is 1. The highest BCUT2D eigenvalue weighted by atomic mass is 16.5. The number of para-hydroxylation sites is 1. The number of benzene rings is 2. The molecule has 5 heteroatoms. The highest BCUT2D eigenvalue weighted by Crippen LogP contribution is 2.20. The predicted octanol–water partition coefficient (Wildman–Crippen LogP) is 3.22. The Hall–Kier alpha value is -3.13. The van der Waals surface area contributed by atoms with Gasteiger partial charge in [0.15, 0.2) is 6.61 Å². The van der Waals surface area contributed by atoms with E-state index in [0.29, 0.717) is 11.1 Å². The van der Waals surface area contributed by atoms with Crippen molar-refractivity contribution in [1.82, 2.24) is 0 Å². The third-order valence-electron chi connectivity index (χ3n) is 3.59. The first-order chi connectivity index (χ1) is 11.5. The van der Waals surface area contributed by atoms with Crippen LogP contribution in [0.4, 0.5) is 5.69 Å². The van der Waals surface area contributed by atoms with E-state index in [9.17, 15) is 9.59 Å². The summed E-state index contributed by atoms with van der Waals surface area (Å²) in [6.45, 7) is 3.56. The zero-order valence-corrected chi connectivity index (χ0v) is 13.6. The lowest BCUT2D eigenvalue weighted by Gasteiger charge is -2.13. The molecule has 2 aromatic rings. The molecule has 1 N–H and O–H groups in total. The van der Waals surface area contributed by atoms with Crippen molar-refractivity contribution < 1.29 is 14.3 Å². The molecule has 0 radical (unpaired) electrons. The molecule has 0 aromatic heterocycles. The summed E-state index contributed by atoms with van der Waals surface area (Å²) in [5.74, 6) is -0.990. The van der Waals surface area contributed by atoms with E-state index in [4.69, 9.17) is 10.00 Å². The summed E-state index contributed by atoms with van der Waals surface area (Å²) in [6, 6.07) is 13.8. The SMILES string of the molecule is CCc1cccc(C)c1NC(=O)COC(=O)c1ccc(C#N)cc1. The first-order valence-electron chi connectivity index (χ1n) is 7.60. The van der Waals surface area contributed by atoms with Crippen LogP contribution in [0.1, 0.15) is 34.0 Å². The van der Waals surface area contributed by atoms with Crippen LogP contribution in [-0.4, -0.2) is 18.5 Å². The lowest BCUT2D eigenvalue weighted by molar-refractivity contribution is -0.119. The van der Waals surface area contributed by atoms with E-state index >= 15 is 0 Å². The Morgan fingerprint density at radius 3 is 2.50 bits per heavy atom. The van der Waals surface area contributed by atoms with Crippen LogP contribution in [0.5, 0.6) is 0 Å². The van der Waals surface area contributed by atoms with Crippen LogP contribution in [0.2, 0.25) is 0 Å². The van der Waals surface area contributed by atoms with Crippen molar-refractivity contribution in [2.75, 3.05) is 11.9 Å². The van der Waals surface area contributed by atoms with Crippen molar-refractivity contribution in [1.29, 1.82) is 5.26 Å². The molecular formula is C19H18N2O3. The second-order valence-corrected chi connectivity index (χ2v) is 5.28. The smallest absolute Gasteiger partial charge is 0.338 e. The molecule has 24 heavy (non-hydrogen) atoms. The molecule has 5 nitrogen and oxygen atoms in total. The topological polar surface area (TPSA) is 79.2 Å². The normalized spacial score (nSPS) is 9.88. The molecule has 0 aliphatic rings. The minimum absolute atomic E-state index is 0.298. The van der Waals surface area contributed by atoms with Gasteiger partial charge in [-0.05, 0) is 48.7 Å². The van der Waals surface area contributed by atoms with Gasteiger partial charge < -0.3 is 10.1 Å². The van der Waals surface area contributed by atoms with Crippen LogP contribution < -0.4 is 5.32 Å². The molecule has 1 amide bonds. The quantitative estimate of drug-likeness (QED) is 0.857. The Kier molecular flexibility index (Phi) is 5.69. The summed E-state index contributed by atoms with van der Waals surface area (Å²) in [6.07, 6.45) is 0.794. The summed E-state index contributed by atoms with van der Waals surface area (Å²) in [5.41, 5.74) is 3.50. The molecule has 0 unspecified atom stereocenters. The molecular weight excluding hydrogens is 304 g/mol. The average Bonchev–Trinajstić information content (AvgIpc) is 2.61. The molecule has 0 spiro atoms. The monoisotopic (exact) mass is 322 g/mol. The lowest BCUT2D eigenvalue weighted by atomic mass is 10.1. The number of esters is 1. The van der Waals surface area contributed by atoms with Crippen LogP contribution in [0.3, 0.4) is 0 Å². The maximum atomic E-state index is 12.0. The van der Waals surface area contributed by atoms with Crippen molar-refractivity contribution in [2.45, 2.75) is 20.3 Å². The number of hydrogen-bond donors (Lipinski definition) is 1. The first kappa shape index (κ1) is 17.2. The van der Waals surface area contributed by atoms with E-state index in [1.807, 2.05) is 38.1 Å². The standard InChI is InChI=1S/C19H18N2O3/c1-3-15-6-4-5-13(2)18(15)21-17(22)12-24-19(23)16-9-7-14(11-20)8-10-16/h4-10H,3,12H2,1-2H3,(H,21,22). The van der Waals surface area contributed by atoms with E-state index < -0.39 is 5.97 Å². The summed E-state index contributed by atoms with van der Waals surface area (Å²) >= 11 is 0. The Labute approximate surface area is 140 Å². The Morgan fingerprint density at radius 1 is 1.17 bits per heavy atom. The summed E-state index contributed by atoms with van der Waals surface area (Å²) < 4.78 is 5.02. The van der Waals surface area contributed by atoms with Gasteiger partial charge in [0.2, 0.25) is 0 Å². The molecule has 0 bridgehead atoms. The minimum Gasteiger partial charge on any atom is -0.452 e. The minimum atomic E-state index is -0.602. The van der Waals surface area contributed by atoms with Crippen molar-refractivity contribution in [3.8, 4) is 6.07 Å². The summed E-state index contributed by atoms with van der Waals surface area (Å²) in [4.78, 5) is 23.9. The van der Waals surface area contributed by atoms with Crippen molar-refractivity contribution in [3.63, 3.8) is 0 Å². The zero-order valence-electron chi connectivity index (χ0n) is 13.6. The Balaban J connectivity index is 1.96. The van der Waals surface area contributed by atoms with Crippen LogP contribution in [0, 0.1) is 18.3 Å². The lowest BCUT2D eigenvalue weighted by Crippen LogP contribution is -2.22. The van der Waals surface area contributed by atoms with Gasteiger partial charge in [-0.3, -0.25) is 4.79 Å². The number of nitrogens with zero attached hydrogens (tertiary/aromatic N) is 1. The Bertz CT molecular complexity index is 789. The third kappa shape index (κ3) is 4.20. The molecule has 0 fully saturated rings. The molecule has 0 saturated heterocycles. The molecule has 0 atom stereocenters. The van der Waals surface area contributed by atoms with Crippen molar-refractivity contribution in [3.05, 3.63) is 64.7 Å². The molecule has 0 aliphatic heterocycles. The van der Waals surface area contributed by atoms with E-state index in [1.54, 1.807) is 0 Å². The number of ether oxygens (including phenoxy) is 1. The zero-order chi connectivity index (χ0) is 17.5. The number of carbonyl (C=O) groups excluding carboxylic acids is 2. The number of amides is 1. The van der Waals surface area contributed by atoms with Gasteiger partial charge in [0.1, 0.15) is 0 Å². The fraction of sp³-hybridized carbons (Fsp3) is 0.211. The molecule has 0 aliphatic carbocycles. The maximum absolute atomic E-state index is 12.0. The summed E-state index contributed by atoms with van der Waals surface area (Å²) in [5, 5.41) is 11.5. The second kappa shape index (κ2) is 7.93. The van der Waals surface area contributed by atoms with Gasteiger partial charge in [-0.25, -0.2) is 4.79 Å². The predicted molar refractivity (Wildman–Crippen MR) is 90.6 cm³/mol. The number of hydrogen-bond acceptors (Lipinski definition) is 4. The fourth-order valence-electron chi connectivity index (χ4n) is 2.27. The molecule has 0 heterocycles. The van der Waals surface area contributed by atoms with Crippen molar-refractivity contribution in [2.24, 2.45) is 0 Å². The summed E-state index contributed by atoms with van der Waals surface area (Å²) in [7, 11) is 0. The number of carbonyl (C=O) groups is 2. The highest BCUT2D eigenvalue weighted by molar-refractivity contribution is 5.96. The maximum Gasteiger partial charge on any atom is 0.338 e. The average molecular weight is 322 g/mol. The van der Waals surface area contributed by atoms with Crippen LogP contribution in [0.15, 0.2) is 42.5 Å². The highest BCUT2D eigenvalue weighted by Gasteiger charge is 2.12. The molecule has 2 aromatic carbocycles. The first-order valence-corrected chi connectivity index (χ1v) is 7.60. The van der Waals surface area contributed by atoms with Crippen molar-refractivity contribution >= 4 is 17.6 Å². The molecule has 122 valence electrons. The van der Waals surface area contributed by atoms with Gasteiger partial charge in [0.05, 0.1) is 17.2 Å². The number of anilines is 1. The van der Waals surface area contributed by atoms with Crippen LogP contribution in [0.25, 0.3) is 0 Å². The van der Waals surface area contributed by atoms with E-state index in [1.165, 1.54) is 24.3 Å².